The van der Waals surface area contributed by atoms with Crippen LogP contribution in [0.15, 0.2) is 59.8 Å². The summed E-state index contributed by atoms with van der Waals surface area (Å²) in [4.78, 5) is 0. The fraction of sp³-hybridized carbons (Fsp3) is 0.360. The van der Waals surface area contributed by atoms with E-state index in [2.05, 4.69) is 26.2 Å². The molecule has 1 N–H and O–H groups in total. The van der Waals surface area contributed by atoms with Crippen LogP contribution < -0.4 is 0 Å². The van der Waals surface area contributed by atoms with Gasteiger partial charge in [0, 0.05) is 22.8 Å². The molecule has 0 fully saturated rings. The topological polar surface area (TPSA) is 42.6 Å². The molecule has 3 nitrogen and oxygen atoms in total. The van der Waals surface area contributed by atoms with E-state index < -0.39 is 6.10 Å². The predicted molar refractivity (Wildman–Crippen MR) is 117 cm³/mol. The van der Waals surface area contributed by atoms with Crippen LogP contribution in [-0.4, -0.2) is 17.3 Å². The van der Waals surface area contributed by atoms with E-state index in [1.807, 2.05) is 51.1 Å². The van der Waals surface area contributed by atoms with Gasteiger partial charge in [-0.25, -0.2) is 0 Å². The van der Waals surface area contributed by atoms with Gasteiger partial charge >= 0.3 is 0 Å². The molecule has 1 unspecified atom stereocenters. The van der Waals surface area contributed by atoms with Gasteiger partial charge in [0.1, 0.15) is 17.4 Å². The van der Waals surface area contributed by atoms with Crippen molar-refractivity contribution >= 4 is 22.8 Å². The number of benzene rings is 1. The summed E-state index contributed by atoms with van der Waals surface area (Å²) < 4.78 is 11.9. The van der Waals surface area contributed by atoms with Gasteiger partial charge in [-0.3, -0.25) is 0 Å². The zero-order chi connectivity index (χ0) is 20.4. The Labute approximate surface area is 167 Å². The van der Waals surface area contributed by atoms with Crippen LogP contribution in [-0.2, 0) is 4.74 Å². The summed E-state index contributed by atoms with van der Waals surface area (Å²) in [7, 11) is 0. The molecule has 0 saturated heterocycles. The summed E-state index contributed by atoms with van der Waals surface area (Å²) >= 11 is 0. The SMILES string of the molecule is C=C1O[C@@H](C)C(C)/C=C\C(=C)[C@@H](C)[C@@H](O)C/C=C/c2c1c(C)cc1occc21. The lowest BCUT2D eigenvalue weighted by Crippen LogP contribution is -2.19. The zero-order valence-corrected chi connectivity index (χ0v) is 17.2. The summed E-state index contributed by atoms with van der Waals surface area (Å²) in [6, 6.07) is 3.98. The smallest absolute Gasteiger partial charge is 0.134 e. The number of aryl methyl sites for hydroxylation is 1. The molecule has 2 aromatic rings. The largest absolute Gasteiger partial charge is 0.490 e. The Kier molecular flexibility index (Phi) is 5.95. The van der Waals surface area contributed by atoms with Crippen LogP contribution in [0.2, 0.25) is 0 Å². The fourth-order valence-electron chi connectivity index (χ4n) is 3.57. The van der Waals surface area contributed by atoms with Gasteiger partial charge in [0.2, 0.25) is 0 Å². The first-order valence-electron chi connectivity index (χ1n) is 9.88. The monoisotopic (exact) mass is 378 g/mol. The highest BCUT2D eigenvalue weighted by atomic mass is 16.5. The van der Waals surface area contributed by atoms with Crippen LogP contribution in [0.4, 0.5) is 0 Å². The normalized spacial score (nSPS) is 29.0. The van der Waals surface area contributed by atoms with Gasteiger partial charge in [-0.2, -0.15) is 0 Å². The first kappa shape index (κ1) is 20.2. The molecule has 4 atom stereocenters. The van der Waals surface area contributed by atoms with Crippen molar-refractivity contribution in [3.63, 3.8) is 0 Å². The third-order valence-electron chi connectivity index (χ3n) is 5.78. The molecule has 148 valence electrons. The molecule has 2 heterocycles. The second-order valence-corrected chi connectivity index (χ2v) is 7.85. The highest BCUT2D eigenvalue weighted by Crippen LogP contribution is 2.34. The van der Waals surface area contributed by atoms with Crippen LogP contribution in [0.3, 0.4) is 0 Å². The Morgan fingerprint density at radius 2 is 1.89 bits per heavy atom. The fourth-order valence-corrected chi connectivity index (χ4v) is 3.57. The average molecular weight is 379 g/mol. The van der Waals surface area contributed by atoms with Gasteiger partial charge in [0.25, 0.3) is 0 Å². The number of rotatable bonds is 0. The lowest BCUT2D eigenvalue weighted by molar-refractivity contribution is 0.137. The van der Waals surface area contributed by atoms with Gasteiger partial charge in [0.05, 0.1) is 12.4 Å². The van der Waals surface area contributed by atoms with Crippen molar-refractivity contribution in [1.82, 2.24) is 0 Å². The van der Waals surface area contributed by atoms with Crippen molar-refractivity contribution in [3.05, 3.63) is 72.0 Å². The molecule has 0 saturated carbocycles. The van der Waals surface area contributed by atoms with Gasteiger partial charge in [-0.1, -0.05) is 56.9 Å². The second-order valence-electron chi connectivity index (χ2n) is 7.85. The quantitative estimate of drug-likeness (QED) is 0.587. The van der Waals surface area contributed by atoms with Gasteiger partial charge < -0.3 is 14.3 Å². The molecule has 0 amide bonds. The Bertz CT molecular complexity index is 944. The summed E-state index contributed by atoms with van der Waals surface area (Å²) in [5.74, 6) is 0.809. The van der Waals surface area contributed by atoms with Crippen LogP contribution in [0, 0.1) is 18.8 Å². The maximum atomic E-state index is 10.6. The van der Waals surface area contributed by atoms with Crippen molar-refractivity contribution in [1.29, 1.82) is 0 Å². The number of aliphatic hydroxyl groups is 1. The molecule has 1 aliphatic rings. The van der Waals surface area contributed by atoms with Crippen molar-refractivity contribution in [2.24, 2.45) is 11.8 Å². The summed E-state index contributed by atoms with van der Waals surface area (Å²) in [6.07, 6.45) is 9.86. The van der Waals surface area contributed by atoms with E-state index in [1.165, 1.54) is 0 Å². The molecular weight excluding hydrogens is 348 g/mol. The molecule has 0 aliphatic carbocycles. The van der Waals surface area contributed by atoms with E-state index in [0.29, 0.717) is 12.2 Å². The van der Waals surface area contributed by atoms with E-state index >= 15 is 0 Å². The lowest BCUT2D eigenvalue weighted by Gasteiger charge is -2.24. The van der Waals surface area contributed by atoms with E-state index in [1.54, 1.807) is 6.26 Å². The maximum Gasteiger partial charge on any atom is 0.134 e. The number of aliphatic hydroxyl groups excluding tert-OH is 1. The molecule has 3 rings (SSSR count). The molecule has 28 heavy (non-hydrogen) atoms. The highest BCUT2D eigenvalue weighted by molar-refractivity contribution is 5.93. The Balaban J connectivity index is 2.11. The van der Waals surface area contributed by atoms with Crippen molar-refractivity contribution in [2.75, 3.05) is 0 Å². The summed E-state index contributed by atoms with van der Waals surface area (Å²) in [6.45, 7) is 16.6. The first-order valence-corrected chi connectivity index (χ1v) is 9.88. The molecular formula is C25H30O3. The minimum atomic E-state index is -0.489. The molecule has 0 radical (unpaired) electrons. The lowest BCUT2D eigenvalue weighted by atomic mass is 9.91. The molecule has 1 aromatic heterocycles. The maximum absolute atomic E-state index is 10.6. The third kappa shape index (κ3) is 4.00. The standard InChI is InChI=1S/C25H30O3/c1-15-10-11-16(2)19(5)28-20(6)25-17(3)14-24-21(12-13-27-24)22(25)8-7-9-23(26)18(15)4/h7-8,10-14,16,18-19,23,26H,1,6,9H2,2-5H3/b8-7+,11-10-/t16?,18-,19+,23+/m1/s1. The number of furan rings is 1. The zero-order valence-electron chi connectivity index (χ0n) is 17.2. The van der Waals surface area contributed by atoms with E-state index in [-0.39, 0.29) is 17.9 Å². The number of hydrogen-bond donors (Lipinski definition) is 1. The van der Waals surface area contributed by atoms with Crippen molar-refractivity contribution < 1.29 is 14.3 Å². The number of allylic oxidation sites excluding steroid dienone is 1. The minimum absolute atomic E-state index is 0.0202. The van der Waals surface area contributed by atoms with Gasteiger partial charge in [0.15, 0.2) is 0 Å². The van der Waals surface area contributed by atoms with Crippen molar-refractivity contribution in [3.8, 4) is 0 Å². The molecule has 3 heteroatoms. The van der Waals surface area contributed by atoms with Crippen LogP contribution in [0.1, 0.15) is 43.9 Å². The molecule has 0 spiro atoms. The van der Waals surface area contributed by atoms with Crippen LogP contribution in [0.25, 0.3) is 22.8 Å². The van der Waals surface area contributed by atoms with E-state index in [4.69, 9.17) is 9.15 Å². The van der Waals surface area contributed by atoms with Crippen LogP contribution >= 0.6 is 0 Å². The third-order valence-corrected chi connectivity index (χ3v) is 5.78. The summed E-state index contributed by atoms with van der Waals surface area (Å²) in [5.41, 5.74) is 4.81. The average Bonchev–Trinajstić information content (AvgIpc) is 3.11. The summed E-state index contributed by atoms with van der Waals surface area (Å²) in [5, 5.41) is 11.6. The first-order chi connectivity index (χ1) is 13.3. The number of fused-ring (bicyclic) bond motifs is 3. The van der Waals surface area contributed by atoms with E-state index in [9.17, 15) is 5.11 Å². The molecule has 1 aromatic carbocycles. The Hall–Kier alpha value is -2.52. The Morgan fingerprint density at radius 1 is 1.14 bits per heavy atom. The minimum Gasteiger partial charge on any atom is -0.490 e. The van der Waals surface area contributed by atoms with Crippen molar-refractivity contribution in [2.45, 2.75) is 46.3 Å². The second kappa shape index (κ2) is 8.24. The van der Waals surface area contributed by atoms with E-state index in [0.717, 1.165) is 33.2 Å². The van der Waals surface area contributed by atoms with Gasteiger partial charge in [-0.15, -0.1) is 0 Å². The highest BCUT2D eigenvalue weighted by Gasteiger charge is 2.20. The molecule has 0 bridgehead atoms. The molecule has 1 aliphatic heterocycles. The van der Waals surface area contributed by atoms with Crippen LogP contribution in [0.5, 0.6) is 0 Å². The predicted octanol–water partition coefficient (Wildman–Crippen LogP) is 6.28. The van der Waals surface area contributed by atoms with Gasteiger partial charge in [-0.05, 0) is 43.5 Å². The number of ether oxygens (including phenoxy) is 1. The number of hydrogen-bond acceptors (Lipinski definition) is 3. The Morgan fingerprint density at radius 3 is 2.64 bits per heavy atom.